The van der Waals surface area contributed by atoms with Gasteiger partial charge in [-0.05, 0) is 19.4 Å². The maximum Gasteiger partial charge on any atom is 0.0981 e. The van der Waals surface area contributed by atoms with E-state index in [-0.39, 0.29) is 5.41 Å². The van der Waals surface area contributed by atoms with Gasteiger partial charge >= 0.3 is 0 Å². The Bertz CT molecular complexity index is 361. The molecule has 0 spiro atoms. The van der Waals surface area contributed by atoms with Crippen molar-refractivity contribution in [2.24, 2.45) is 0 Å². The van der Waals surface area contributed by atoms with E-state index in [1.54, 1.807) is 0 Å². The lowest BCUT2D eigenvalue weighted by molar-refractivity contribution is 0.238. The zero-order valence-corrected chi connectivity index (χ0v) is 12.6. The number of piperazine rings is 1. The van der Waals surface area contributed by atoms with E-state index in [0.717, 1.165) is 19.5 Å². The number of aryl methyl sites for hydroxylation is 1. The fourth-order valence-corrected chi connectivity index (χ4v) is 3.13. The van der Waals surface area contributed by atoms with Crippen LogP contribution < -0.4 is 5.32 Å². The highest BCUT2D eigenvalue weighted by molar-refractivity contribution is 7.09. The minimum absolute atomic E-state index is 0.196. The van der Waals surface area contributed by atoms with E-state index in [2.05, 4.69) is 36.4 Å². The SMILES string of the molecule is CC(C)(C)c1nc(CCCN2CCNCC2)cs1. The molecule has 1 fully saturated rings. The van der Waals surface area contributed by atoms with E-state index >= 15 is 0 Å². The largest absolute Gasteiger partial charge is 0.314 e. The van der Waals surface area contributed by atoms with Crippen molar-refractivity contribution in [2.45, 2.75) is 39.0 Å². The molecule has 1 aliphatic rings. The topological polar surface area (TPSA) is 28.2 Å². The number of hydrogen-bond acceptors (Lipinski definition) is 4. The van der Waals surface area contributed by atoms with Crippen LogP contribution in [-0.4, -0.2) is 42.6 Å². The molecule has 0 aromatic carbocycles. The lowest BCUT2D eigenvalue weighted by atomic mass is 9.98. The Balaban J connectivity index is 1.74. The third-order valence-electron chi connectivity index (χ3n) is 3.31. The predicted molar refractivity (Wildman–Crippen MR) is 78.4 cm³/mol. The van der Waals surface area contributed by atoms with Crippen LogP contribution in [0.15, 0.2) is 5.38 Å². The Labute approximate surface area is 115 Å². The van der Waals surface area contributed by atoms with Crippen LogP contribution in [0.3, 0.4) is 0 Å². The quantitative estimate of drug-likeness (QED) is 0.907. The Kier molecular flexibility index (Phi) is 4.76. The Morgan fingerprint density at radius 2 is 2.06 bits per heavy atom. The van der Waals surface area contributed by atoms with Crippen molar-refractivity contribution in [2.75, 3.05) is 32.7 Å². The van der Waals surface area contributed by atoms with Gasteiger partial charge < -0.3 is 10.2 Å². The van der Waals surface area contributed by atoms with Crippen molar-refractivity contribution in [1.29, 1.82) is 0 Å². The highest BCUT2D eigenvalue weighted by atomic mass is 32.1. The van der Waals surface area contributed by atoms with Gasteiger partial charge in [-0.25, -0.2) is 4.98 Å². The van der Waals surface area contributed by atoms with Gasteiger partial charge in [-0.3, -0.25) is 0 Å². The van der Waals surface area contributed by atoms with Crippen LogP contribution in [0.4, 0.5) is 0 Å². The van der Waals surface area contributed by atoms with Crippen molar-refractivity contribution in [3.05, 3.63) is 16.1 Å². The molecule has 0 atom stereocenters. The summed E-state index contributed by atoms with van der Waals surface area (Å²) in [6.07, 6.45) is 2.35. The Hall–Kier alpha value is -0.450. The van der Waals surface area contributed by atoms with E-state index in [4.69, 9.17) is 4.98 Å². The summed E-state index contributed by atoms with van der Waals surface area (Å²) in [7, 11) is 0. The molecule has 1 N–H and O–H groups in total. The number of thiazole rings is 1. The molecule has 1 aromatic rings. The second kappa shape index (κ2) is 6.13. The fourth-order valence-electron chi connectivity index (χ4n) is 2.18. The Morgan fingerprint density at radius 3 is 2.67 bits per heavy atom. The molecular formula is C14H25N3S. The van der Waals surface area contributed by atoms with Gasteiger partial charge in [0, 0.05) is 37.0 Å². The third kappa shape index (κ3) is 4.04. The average Bonchev–Trinajstić information content (AvgIpc) is 2.79. The molecule has 2 rings (SSSR count). The van der Waals surface area contributed by atoms with E-state index in [0.29, 0.717) is 0 Å². The summed E-state index contributed by atoms with van der Waals surface area (Å²) >= 11 is 1.81. The first kappa shape index (κ1) is 14.0. The summed E-state index contributed by atoms with van der Waals surface area (Å²) in [6.45, 7) is 12.6. The van der Waals surface area contributed by atoms with Gasteiger partial charge in [0.05, 0.1) is 10.7 Å². The van der Waals surface area contributed by atoms with E-state index in [1.807, 2.05) is 11.3 Å². The van der Waals surface area contributed by atoms with Crippen LogP contribution in [-0.2, 0) is 11.8 Å². The minimum Gasteiger partial charge on any atom is -0.314 e. The molecule has 18 heavy (non-hydrogen) atoms. The molecule has 0 amide bonds. The minimum atomic E-state index is 0.196. The molecule has 3 nitrogen and oxygen atoms in total. The van der Waals surface area contributed by atoms with Crippen molar-refractivity contribution < 1.29 is 0 Å². The molecule has 0 aliphatic carbocycles. The van der Waals surface area contributed by atoms with Crippen molar-refractivity contribution in [1.82, 2.24) is 15.2 Å². The number of rotatable bonds is 4. The molecule has 4 heteroatoms. The second-order valence-electron chi connectivity index (χ2n) is 6.09. The molecular weight excluding hydrogens is 242 g/mol. The standard InChI is InChI=1S/C14H25N3S/c1-14(2,3)13-16-12(11-18-13)5-4-8-17-9-6-15-7-10-17/h11,15H,4-10H2,1-3H3. The van der Waals surface area contributed by atoms with Crippen molar-refractivity contribution in [3.63, 3.8) is 0 Å². The smallest absolute Gasteiger partial charge is 0.0981 e. The summed E-state index contributed by atoms with van der Waals surface area (Å²) in [5, 5.41) is 6.89. The van der Waals surface area contributed by atoms with Crippen LogP contribution in [0.5, 0.6) is 0 Å². The van der Waals surface area contributed by atoms with Gasteiger partial charge in [0.25, 0.3) is 0 Å². The lowest BCUT2D eigenvalue weighted by Crippen LogP contribution is -2.43. The summed E-state index contributed by atoms with van der Waals surface area (Å²) < 4.78 is 0. The van der Waals surface area contributed by atoms with Crippen molar-refractivity contribution in [3.8, 4) is 0 Å². The van der Waals surface area contributed by atoms with Crippen LogP contribution in [0, 0.1) is 0 Å². The highest BCUT2D eigenvalue weighted by Gasteiger charge is 2.17. The fraction of sp³-hybridized carbons (Fsp3) is 0.786. The summed E-state index contributed by atoms with van der Waals surface area (Å²) in [6, 6.07) is 0. The first-order chi connectivity index (χ1) is 8.55. The van der Waals surface area contributed by atoms with Gasteiger partial charge in [0.2, 0.25) is 0 Å². The normalized spacial score (nSPS) is 18.2. The molecule has 102 valence electrons. The number of hydrogen-bond donors (Lipinski definition) is 1. The van der Waals surface area contributed by atoms with Crippen molar-refractivity contribution >= 4 is 11.3 Å². The molecule has 0 saturated carbocycles. The summed E-state index contributed by atoms with van der Waals surface area (Å²) in [5.74, 6) is 0. The van der Waals surface area contributed by atoms with Gasteiger partial charge in [0.1, 0.15) is 0 Å². The monoisotopic (exact) mass is 267 g/mol. The first-order valence-electron chi connectivity index (χ1n) is 6.94. The predicted octanol–water partition coefficient (Wildman–Crippen LogP) is 2.28. The second-order valence-corrected chi connectivity index (χ2v) is 6.95. The van der Waals surface area contributed by atoms with E-state index in [9.17, 15) is 0 Å². The van der Waals surface area contributed by atoms with Crippen LogP contribution in [0.2, 0.25) is 0 Å². The average molecular weight is 267 g/mol. The number of aromatic nitrogens is 1. The molecule has 1 aromatic heterocycles. The summed E-state index contributed by atoms with van der Waals surface area (Å²) in [4.78, 5) is 7.30. The van der Waals surface area contributed by atoms with E-state index in [1.165, 1.54) is 36.8 Å². The van der Waals surface area contributed by atoms with Gasteiger partial charge in [-0.2, -0.15) is 0 Å². The zero-order chi connectivity index (χ0) is 13.0. The third-order valence-corrected chi connectivity index (χ3v) is 4.63. The molecule has 2 heterocycles. The van der Waals surface area contributed by atoms with Gasteiger partial charge in [-0.1, -0.05) is 20.8 Å². The van der Waals surface area contributed by atoms with Crippen LogP contribution in [0.1, 0.15) is 37.9 Å². The molecule has 0 radical (unpaired) electrons. The summed E-state index contributed by atoms with van der Waals surface area (Å²) in [5.41, 5.74) is 1.47. The van der Waals surface area contributed by atoms with Gasteiger partial charge in [0.15, 0.2) is 0 Å². The van der Waals surface area contributed by atoms with Gasteiger partial charge in [-0.15, -0.1) is 11.3 Å². The number of nitrogens with one attached hydrogen (secondary N) is 1. The molecule has 0 bridgehead atoms. The zero-order valence-electron chi connectivity index (χ0n) is 11.8. The molecule has 0 unspecified atom stereocenters. The molecule has 1 aliphatic heterocycles. The maximum absolute atomic E-state index is 4.75. The number of nitrogens with zero attached hydrogens (tertiary/aromatic N) is 2. The van der Waals surface area contributed by atoms with Crippen LogP contribution >= 0.6 is 11.3 Å². The molecule has 1 saturated heterocycles. The first-order valence-corrected chi connectivity index (χ1v) is 7.81. The van der Waals surface area contributed by atoms with Crippen LogP contribution in [0.25, 0.3) is 0 Å². The lowest BCUT2D eigenvalue weighted by Gasteiger charge is -2.26. The Morgan fingerprint density at radius 1 is 1.33 bits per heavy atom. The van der Waals surface area contributed by atoms with E-state index < -0.39 is 0 Å². The highest BCUT2D eigenvalue weighted by Crippen LogP contribution is 2.25. The maximum atomic E-state index is 4.75.